The van der Waals surface area contributed by atoms with Gasteiger partial charge in [-0.05, 0) is 24.6 Å². The van der Waals surface area contributed by atoms with E-state index in [-0.39, 0.29) is 0 Å². The van der Waals surface area contributed by atoms with E-state index >= 15 is 0 Å². The number of benzene rings is 2. The first-order chi connectivity index (χ1) is 8.66. The summed E-state index contributed by atoms with van der Waals surface area (Å²) in [5.41, 5.74) is 7.94. The minimum Gasteiger partial charge on any atom is -0.488 e. The molecule has 0 aliphatic carbocycles. The van der Waals surface area contributed by atoms with Gasteiger partial charge in [-0.2, -0.15) is 0 Å². The smallest absolute Gasteiger partial charge is 0.252 e. The minimum absolute atomic E-state index is 0.408. The number of nitrogens with two attached hydrogens (primary N) is 1. The van der Waals surface area contributed by atoms with Crippen LogP contribution in [0.15, 0.2) is 48.5 Å². The lowest BCUT2D eigenvalue weighted by atomic mass is 10.1. The van der Waals surface area contributed by atoms with Crippen LogP contribution in [0.25, 0.3) is 0 Å². The molecule has 92 valence electrons. The van der Waals surface area contributed by atoms with Gasteiger partial charge in [0.25, 0.3) is 5.91 Å². The third-order valence-corrected chi connectivity index (χ3v) is 2.63. The van der Waals surface area contributed by atoms with Gasteiger partial charge in [-0.1, -0.05) is 42.0 Å². The molecule has 0 aliphatic heterocycles. The van der Waals surface area contributed by atoms with Crippen LogP contribution in [0.3, 0.4) is 0 Å². The number of rotatable bonds is 4. The van der Waals surface area contributed by atoms with Crippen LogP contribution >= 0.6 is 0 Å². The zero-order chi connectivity index (χ0) is 13.0. The van der Waals surface area contributed by atoms with Gasteiger partial charge in [-0.15, -0.1) is 0 Å². The van der Waals surface area contributed by atoms with Crippen molar-refractivity contribution in [2.24, 2.45) is 5.73 Å². The highest BCUT2D eigenvalue weighted by Gasteiger charge is 2.08. The zero-order valence-electron chi connectivity index (χ0n) is 10.2. The summed E-state index contributed by atoms with van der Waals surface area (Å²) in [5.74, 6) is 0.0429. The van der Waals surface area contributed by atoms with E-state index in [2.05, 4.69) is 0 Å². The van der Waals surface area contributed by atoms with Crippen molar-refractivity contribution in [3.63, 3.8) is 0 Å². The van der Waals surface area contributed by atoms with Crippen molar-refractivity contribution in [1.29, 1.82) is 0 Å². The maximum Gasteiger partial charge on any atom is 0.252 e. The number of carbonyl (C=O) groups excluding carboxylic acids is 1. The Morgan fingerprint density at radius 3 is 2.67 bits per heavy atom. The molecular weight excluding hydrogens is 226 g/mol. The van der Waals surface area contributed by atoms with E-state index in [1.54, 1.807) is 18.2 Å². The van der Waals surface area contributed by atoms with Crippen LogP contribution in [0.1, 0.15) is 21.5 Å². The molecule has 0 saturated heterocycles. The molecule has 18 heavy (non-hydrogen) atoms. The second kappa shape index (κ2) is 5.36. The second-order valence-corrected chi connectivity index (χ2v) is 4.14. The molecule has 2 aromatic rings. The molecule has 0 bridgehead atoms. The minimum atomic E-state index is -0.477. The van der Waals surface area contributed by atoms with E-state index < -0.39 is 5.91 Å². The molecule has 0 aliphatic rings. The molecule has 0 saturated carbocycles. The normalized spacial score (nSPS) is 10.1. The van der Waals surface area contributed by atoms with Crippen LogP contribution < -0.4 is 10.5 Å². The van der Waals surface area contributed by atoms with Crippen LogP contribution in [-0.2, 0) is 6.61 Å². The molecule has 0 aromatic heterocycles. The number of amides is 1. The van der Waals surface area contributed by atoms with Crippen molar-refractivity contribution >= 4 is 5.91 Å². The molecule has 0 atom stereocenters. The largest absolute Gasteiger partial charge is 0.488 e. The maximum atomic E-state index is 11.2. The van der Waals surface area contributed by atoms with Crippen molar-refractivity contribution in [3.8, 4) is 5.75 Å². The van der Waals surface area contributed by atoms with Gasteiger partial charge >= 0.3 is 0 Å². The van der Waals surface area contributed by atoms with Gasteiger partial charge in [0.05, 0.1) is 5.56 Å². The lowest BCUT2D eigenvalue weighted by molar-refractivity contribution is 0.0996. The molecule has 0 heterocycles. The van der Waals surface area contributed by atoms with Crippen LogP contribution in [0.2, 0.25) is 0 Å². The van der Waals surface area contributed by atoms with Gasteiger partial charge in [0.15, 0.2) is 0 Å². The molecule has 0 fully saturated rings. The Kier molecular flexibility index (Phi) is 3.63. The van der Waals surface area contributed by atoms with E-state index in [0.717, 1.165) is 5.56 Å². The molecular formula is C15H15NO2. The van der Waals surface area contributed by atoms with Crippen molar-refractivity contribution in [1.82, 2.24) is 0 Å². The van der Waals surface area contributed by atoms with E-state index in [0.29, 0.717) is 17.9 Å². The summed E-state index contributed by atoms with van der Waals surface area (Å²) in [6.07, 6.45) is 0. The fourth-order valence-electron chi connectivity index (χ4n) is 1.76. The van der Waals surface area contributed by atoms with Gasteiger partial charge < -0.3 is 10.5 Å². The first-order valence-electron chi connectivity index (χ1n) is 5.74. The standard InChI is InChI=1S/C15H15NO2/c1-11-5-4-6-12(9-11)10-18-14-8-3-2-7-13(14)15(16)17/h2-9H,10H2,1H3,(H2,16,17). The van der Waals surface area contributed by atoms with Gasteiger partial charge in [0.2, 0.25) is 0 Å². The molecule has 2 N–H and O–H groups in total. The monoisotopic (exact) mass is 241 g/mol. The number of hydrogen-bond acceptors (Lipinski definition) is 2. The van der Waals surface area contributed by atoms with Crippen LogP contribution in [0.4, 0.5) is 0 Å². The predicted molar refractivity (Wildman–Crippen MR) is 70.5 cm³/mol. The quantitative estimate of drug-likeness (QED) is 0.894. The Labute approximate surface area is 106 Å². The summed E-state index contributed by atoms with van der Waals surface area (Å²) in [5, 5.41) is 0. The van der Waals surface area contributed by atoms with Gasteiger partial charge in [-0.3, -0.25) is 4.79 Å². The fraction of sp³-hybridized carbons (Fsp3) is 0.133. The summed E-state index contributed by atoms with van der Waals surface area (Å²) in [7, 11) is 0. The predicted octanol–water partition coefficient (Wildman–Crippen LogP) is 2.67. The third-order valence-electron chi connectivity index (χ3n) is 2.63. The summed E-state index contributed by atoms with van der Waals surface area (Å²) in [6, 6.07) is 15.0. The topological polar surface area (TPSA) is 52.3 Å². The average Bonchev–Trinajstić information content (AvgIpc) is 2.37. The first kappa shape index (κ1) is 12.2. The highest BCUT2D eigenvalue weighted by Crippen LogP contribution is 2.18. The van der Waals surface area contributed by atoms with Crippen molar-refractivity contribution in [2.75, 3.05) is 0 Å². The van der Waals surface area contributed by atoms with Crippen LogP contribution in [0.5, 0.6) is 5.75 Å². The van der Waals surface area contributed by atoms with Gasteiger partial charge in [0, 0.05) is 0 Å². The molecule has 0 spiro atoms. The fourth-order valence-corrected chi connectivity index (χ4v) is 1.76. The summed E-state index contributed by atoms with van der Waals surface area (Å²) < 4.78 is 5.64. The lowest BCUT2D eigenvalue weighted by Crippen LogP contribution is -2.12. The number of para-hydroxylation sites is 1. The number of ether oxygens (including phenoxy) is 1. The zero-order valence-corrected chi connectivity index (χ0v) is 10.2. The van der Waals surface area contributed by atoms with Crippen molar-refractivity contribution in [3.05, 3.63) is 65.2 Å². The maximum absolute atomic E-state index is 11.2. The second-order valence-electron chi connectivity index (χ2n) is 4.14. The molecule has 0 radical (unpaired) electrons. The lowest BCUT2D eigenvalue weighted by Gasteiger charge is -2.09. The van der Waals surface area contributed by atoms with E-state index in [1.165, 1.54) is 5.56 Å². The Balaban J connectivity index is 2.13. The highest BCUT2D eigenvalue weighted by atomic mass is 16.5. The number of carbonyl (C=O) groups is 1. The molecule has 2 aromatic carbocycles. The molecule has 2 rings (SSSR count). The third kappa shape index (κ3) is 2.88. The molecule has 1 amide bonds. The molecule has 3 heteroatoms. The Bertz CT molecular complexity index is 564. The summed E-state index contributed by atoms with van der Waals surface area (Å²) in [6.45, 7) is 2.45. The van der Waals surface area contributed by atoms with Crippen molar-refractivity contribution < 1.29 is 9.53 Å². The molecule has 3 nitrogen and oxygen atoms in total. The number of primary amides is 1. The van der Waals surface area contributed by atoms with Gasteiger partial charge in [-0.25, -0.2) is 0 Å². The Hall–Kier alpha value is -2.29. The molecule has 0 unspecified atom stereocenters. The van der Waals surface area contributed by atoms with Crippen LogP contribution in [0, 0.1) is 6.92 Å². The van der Waals surface area contributed by atoms with E-state index in [1.807, 2.05) is 37.3 Å². The van der Waals surface area contributed by atoms with Crippen molar-refractivity contribution in [2.45, 2.75) is 13.5 Å². The summed E-state index contributed by atoms with van der Waals surface area (Å²) >= 11 is 0. The van der Waals surface area contributed by atoms with E-state index in [9.17, 15) is 4.79 Å². The number of aryl methyl sites for hydroxylation is 1. The van der Waals surface area contributed by atoms with E-state index in [4.69, 9.17) is 10.5 Å². The summed E-state index contributed by atoms with van der Waals surface area (Å²) in [4.78, 5) is 11.2. The Morgan fingerprint density at radius 1 is 1.17 bits per heavy atom. The number of hydrogen-bond donors (Lipinski definition) is 1. The van der Waals surface area contributed by atoms with Crippen LogP contribution in [-0.4, -0.2) is 5.91 Å². The van der Waals surface area contributed by atoms with Gasteiger partial charge in [0.1, 0.15) is 12.4 Å². The SMILES string of the molecule is Cc1cccc(COc2ccccc2C(N)=O)c1. The highest BCUT2D eigenvalue weighted by molar-refractivity contribution is 5.95. The first-order valence-corrected chi connectivity index (χ1v) is 5.74. The average molecular weight is 241 g/mol. The Morgan fingerprint density at radius 2 is 1.94 bits per heavy atom.